The van der Waals surface area contributed by atoms with E-state index in [1.54, 1.807) is 7.11 Å². The summed E-state index contributed by atoms with van der Waals surface area (Å²) < 4.78 is 5.25. The molecule has 0 bridgehead atoms. The van der Waals surface area contributed by atoms with Gasteiger partial charge in [0.1, 0.15) is 5.75 Å². The lowest BCUT2D eigenvalue weighted by molar-refractivity contribution is 0.177. The minimum atomic E-state index is -0.0694. The van der Waals surface area contributed by atoms with Crippen molar-refractivity contribution in [1.29, 1.82) is 0 Å². The number of aliphatic hydroxyl groups is 1. The second-order valence-corrected chi connectivity index (χ2v) is 5.27. The molecule has 0 amide bonds. The fourth-order valence-electron chi connectivity index (χ4n) is 2.71. The van der Waals surface area contributed by atoms with Crippen molar-refractivity contribution >= 4 is 0 Å². The zero-order valence-corrected chi connectivity index (χ0v) is 11.3. The van der Waals surface area contributed by atoms with Crippen LogP contribution < -0.4 is 10.1 Å². The molecule has 2 unspecified atom stereocenters. The van der Waals surface area contributed by atoms with Crippen LogP contribution in [0.2, 0.25) is 0 Å². The van der Waals surface area contributed by atoms with Crippen LogP contribution in [-0.4, -0.2) is 24.9 Å². The van der Waals surface area contributed by atoms with E-state index < -0.39 is 0 Å². The molecule has 1 saturated carbocycles. The van der Waals surface area contributed by atoms with E-state index in [9.17, 15) is 5.11 Å². The third kappa shape index (κ3) is 3.47. The first kappa shape index (κ1) is 13.4. The lowest BCUT2D eigenvalue weighted by atomic mass is 10.1. The topological polar surface area (TPSA) is 41.5 Å². The summed E-state index contributed by atoms with van der Waals surface area (Å²) in [6.45, 7) is 3.95. The third-order valence-corrected chi connectivity index (χ3v) is 3.73. The Labute approximate surface area is 109 Å². The van der Waals surface area contributed by atoms with Crippen molar-refractivity contribution < 1.29 is 9.84 Å². The molecule has 1 aliphatic carbocycles. The van der Waals surface area contributed by atoms with Crippen LogP contribution in [0.25, 0.3) is 0 Å². The van der Waals surface area contributed by atoms with Gasteiger partial charge in [0.05, 0.1) is 13.2 Å². The van der Waals surface area contributed by atoms with Gasteiger partial charge in [-0.15, -0.1) is 0 Å². The van der Waals surface area contributed by atoms with E-state index in [2.05, 4.69) is 24.4 Å². The number of methoxy groups -OCH3 is 1. The zero-order valence-electron chi connectivity index (χ0n) is 11.3. The van der Waals surface area contributed by atoms with Gasteiger partial charge in [-0.3, -0.25) is 0 Å². The second-order valence-electron chi connectivity index (χ2n) is 5.27. The highest BCUT2D eigenvalue weighted by Crippen LogP contribution is 2.24. The summed E-state index contributed by atoms with van der Waals surface area (Å²) >= 11 is 0. The average molecular weight is 249 g/mol. The van der Waals surface area contributed by atoms with Gasteiger partial charge in [0.25, 0.3) is 0 Å². The third-order valence-electron chi connectivity index (χ3n) is 3.73. The van der Waals surface area contributed by atoms with Crippen molar-refractivity contribution in [3.05, 3.63) is 29.3 Å². The summed E-state index contributed by atoms with van der Waals surface area (Å²) in [7, 11) is 1.70. The van der Waals surface area contributed by atoms with Gasteiger partial charge in [-0.1, -0.05) is 12.1 Å². The molecular weight excluding hydrogens is 226 g/mol. The van der Waals surface area contributed by atoms with E-state index in [0.717, 1.165) is 38.1 Å². The maximum atomic E-state index is 9.47. The summed E-state index contributed by atoms with van der Waals surface area (Å²) in [5.74, 6) is 1.58. The molecule has 1 fully saturated rings. The van der Waals surface area contributed by atoms with Crippen LogP contribution in [0.3, 0.4) is 0 Å². The molecule has 2 N–H and O–H groups in total. The number of nitrogens with one attached hydrogen (secondary N) is 1. The first-order valence-corrected chi connectivity index (χ1v) is 6.71. The highest BCUT2D eigenvalue weighted by Gasteiger charge is 2.21. The van der Waals surface area contributed by atoms with Gasteiger partial charge in [-0.25, -0.2) is 0 Å². The largest absolute Gasteiger partial charge is 0.496 e. The number of aryl methyl sites for hydroxylation is 1. The Kier molecular flexibility index (Phi) is 4.61. The highest BCUT2D eigenvalue weighted by atomic mass is 16.5. The molecule has 1 aromatic carbocycles. The van der Waals surface area contributed by atoms with Gasteiger partial charge >= 0.3 is 0 Å². The highest BCUT2D eigenvalue weighted by molar-refractivity contribution is 5.36. The lowest BCUT2D eigenvalue weighted by Gasteiger charge is -2.12. The van der Waals surface area contributed by atoms with Gasteiger partial charge in [0.15, 0.2) is 0 Å². The Hall–Kier alpha value is -1.06. The van der Waals surface area contributed by atoms with Gasteiger partial charge in [0, 0.05) is 6.54 Å². The van der Waals surface area contributed by atoms with E-state index in [1.807, 2.05) is 6.07 Å². The number of benzene rings is 1. The standard InChI is InChI=1S/C15H23NO2/c1-11-7-12(4-6-15(11)18-2)9-16-10-13-3-5-14(17)8-13/h4,6-7,13-14,16-17H,3,5,8-10H2,1-2H3. The molecule has 0 saturated heterocycles. The fraction of sp³-hybridized carbons (Fsp3) is 0.600. The van der Waals surface area contributed by atoms with Gasteiger partial charge in [-0.2, -0.15) is 0 Å². The van der Waals surface area contributed by atoms with Crippen molar-refractivity contribution in [3.8, 4) is 5.75 Å². The zero-order chi connectivity index (χ0) is 13.0. The Bertz CT molecular complexity index is 392. The SMILES string of the molecule is COc1ccc(CNCC2CCC(O)C2)cc1C. The van der Waals surface area contributed by atoms with Crippen molar-refractivity contribution in [2.45, 2.75) is 38.8 Å². The smallest absolute Gasteiger partial charge is 0.121 e. The van der Waals surface area contributed by atoms with Crippen molar-refractivity contribution in [3.63, 3.8) is 0 Å². The predicted molar refractivity (Wildman–Crippen MR) is 72.8 cm³/mol. The Morgan fingerprint density at radius 1 is 1.39 bits per heavy atom. The molecule has 18 heavy (non-hydrogen) atoms. The Balaban J connectivity index is 1.78. The second kappa shape index (κ2) is 6.21. The first-order chi connectivity index (χ1) is 8.69. The number of rotatable bonds is 5. The normalized spacial score (nSPS) is 23.3. The van der Waals surface area contributed by atoms with E-state index in [1.165, 1.54) is 11.1 Å². The van der Waals surface area contributed by atoms with Crippen LogP contribution in [0, 0.1) is 12.8 Å². The molecule has 0 aliphatic heterocycles. The van der Waals surface area contributed by atoms with Crippen molar-refractivity contribution in [2.24, 2.45) is 5.92 Å². The Morgan fingerprint density at radius 2 is 2.22 bits per heavy atom. The number of hydrogen-bond acceptors (Lipinski definition) is 3. The molecule has 0 spiro atoms. The Morgan fingerprint density at radius 3 is 2.83 bits per heavy atom. The molecule has 100 valence electrons. The van der Waals surface area contributed by atoms with Gasteiger partial charge in [0.2, 0.25) is 0 Å². The molecule has 1 aromatic rings. The van der Waals surface area contributed by atoms with E-state index >= 15 is 0 Å². The molecular formula is C15H23NO2. The quantitative estimate of drug-likeness (QED) is 0.841. The van der Waals surface area contributed by atoms with Crippen LogP contribution in [0.5, 0.6) is 5.75 Å². The average Bonchev–Trinajstić information content (AvgIpc) is 2.75. The lowest BCUT2D eigenvalue weighted by Crippen LogP contribution is -2.21. The van der Waals surface area contributed by atoms with E-state index in [0.29, 0.717) is 5.92 Å². The molecule has 3 nitrogen and oxygen atoms in total. The molecule has 1 aliphatic rings. The van der Waals surface area contributed by atoms with Crippen molar-refractivity contribution in [2.75, 3.05) is 13.7 Å². The van der Waals surface area contributed by atoms with E-state index in [-0.39, 0.29) is 6.10 Å². The number of ether oxygens (including phenoxy) is 1. The molecule has 0 aromatic heterocycles. The molecule has 0 heterocycles. The van der Waals surface area contributed by atoms with Crippen LogP contribution in [0.4, 0.5) is 0 Å². The molecule has 3 heteroatoms. The number of hydrogen-bond donors (Lipinski definition) is 2. The van der Waals surface area contributed by atoms with Crippen LogP contribution in [-0.2, 0) is 6.54 Å². The summed E-state index contributed by atoms with van der Waals surface area (Å²) in [4.78, 5) is 0. The van der Waals surface area contributed by atoms with Crippen LogP contribution >= 0.6 is 0 Å². The van der Waals surface area contributed by atoms with Gasteiger partial charge in [-0.05, 0) is 55.8 Å². The molecule has 2 rings (SSSR count). The molecule has 2 atom stereocenters. The minimum Gasteiger partial charge on any atom is -0.496 e. The summed E-state index contributed by atoms with van der Waals surface area (Å²) in [5.41, 5.74) is 2.46. The summed E-state index contributed by atoms with van der Waals surface area (Å²) in [6, 6.07) is 6.28. The minimum absolute atomic E-state index is 0.0694. The summed E-state index contributed by atoms with van der Waals surface area (Å²) in [6.07, 6.45) is 3.00. The monoisotopic (exact) mass is 249 g/mol. The van der Waals surface area contributed by atoms with Crippen molar-refractivity contribution in [1.82, 2.24) is 5.32 Å². The van der Waals surface area contributed by atoms with E-state index in [4.69, 9.17) is 4.74 Å². The maximum Gasteiger partial charge on any atom is 0.121 e. The predicted octanol–water partition coefficient (Wildman–Crippen LogP) is 2.25. The maximum absolute atomic E-state index is 9.47. The van der Waals surface area contributed by atoms with Crippen LogP contribution in [0.15, 0.2) is 18.2 Å². The fourth-order valence-corrected chi connectivity index (χ4v) is 2.71. The van der Waals surface area contributed by atoms with Crippen LogP contribution in [0.1, 0.15) is 30.4 Å². The summed E-state index contributed by atoms with van der Waals surface area (Å²) in [5, 5.41) is 12.9. The number of aliphatic hydroxyl groups excluding tert-OH is 1. The van der Waals surface area contributed by atoms with Gasteiger partial charge < -0.3 is 15.2 Å². The molecule has 0 radical (unpaired) electrons. The first-order valence-electron chi connectivity index (χ1n) is 6.71.